The van der Waals surface area contributed by atoms with Crippen molar-refractivity contribution in [2.24, 2.45) is 0 Å². The van der Waals surface area contributed by atoms with Gasteiger partial charge in [0.2, 0.25) is 5.91 Å². The van der Waals surface area contributed by atoms with E-state index in [0.717, 1.165) is 17.9 Å². The summed E-state index contributed by atoms with van der Waals surface area (Å²) >= 11 is 0. The Morgan fingerprint density at radius 3 is 2.25 bits per heavy atom. The predicted octanol–water partition coefficient (Wildman–Crippen LogP) is 3.16. The number of hydrogen-bond donors (Lipinski definition) is 1. The molecule has 0 bridgehead atoms. The van der Waals surface area contributed by atoms with Crippen molar-refractivity contribution >= 4 is 5.91 Å². The monoisotopic (exact) mass is 499 g/mol. The maximum atomic E-state index is 13.2. The fraction of sp³-hybridized carbons (Fsp3) is 0.536. The molecule has 2 aliphatic rings. The van der Waals surface area contributed by atoms with Crippen LogP contribution >= 0.6 is 0 Å². The van der Waals surface area contributed by atoms with Gasteiger partial charge < -0.3 is 19.5 Å². The van der Waals surface area contributed by atoms with Crippen LogP contribution < -0.4 is 9.47 Å². The third kappa shape index (κ3) is 7.91. The summed E-state index contributed by atoms with van der Waals surface area (Å²) in [4.78, 5) is 18.4. The molecule has 36 heavy (non-hydrogen) atoms. The lowest BCUT2D eigenvalue weighted by Gasteiger charge is -2.32. The number of carbonyl (C=O) groups excluding carboxylic acids is 1. The van der Waals surface area contributed by atoms with Gasteiger partial charge in [-0.3, -0.25) is 14.6 Å². The molecule has 2 aliphatic heterocycles. The summed E-state index contributed by atoms with van der Waals surface area (Å²) in [5.41, 5.74) is -0.148. The molecule has 2 heterocycles. The Bertz CT molecular complexity index is 966. The lowest BCUT2D eigenvalue weighted by atomic mass is 10.0. The minimum absolute atomic E-state index is 0.00269. The molecule has 0 spiro atoms. The van der Waals surface area contributed by atoms with Crippen LogP contribution in [0.1, 0.15) is 31.7 Å². The van der Waals surface area contributed by atoms with E-state index < -0.39 is 5.60 Å². The number of hydrogen-bond acceptors (Lipinski definition) is 6. The van der Waals surface area contributed by atoms with Crippen molar-refractivity contribution < 1.29 is 23.8 Å². The first-order valence-corrected chi connectivity index (χ1v) is 12.9. The second-order valence-electron chi connectivity index (χ2n) is 10.0. The van der Waals surface area contributed by atoms with Crippen LogP contribution in [-0.4, -0.2) is 90.3 Å². The van der Waals surface area contributed by atoms with Crippen LogP contribution in [0.15, 0.2) is 48.5 Å². The number of piperidine rings is 1. The summed E-state index contributed by atoms with van der Waals surface area (Å²) in [6.45, 7) is 7.85. The number of carbonyl (C=O) groups is 1. The van der Waals surface area contributed by atoms with Crippen LogP contribution in [0.3, 0.4) is 0 Å². The third-order valence-corrected chi connectivity index (χ3v) is 6.91. The minimum Gasteiger partial charge on any atom is -0.492 e. The van der Waals surface area contributed by atoms with Gasteiger partial charge in [0.1, 0.15) is 36.1 Å². The first-order chi connectivity index (χ1) is 17.4. The Labute approximate surface area is 213 Å². The molecule has 4 rings (SSSR count). The van der Waals surface area contributed by atoms with E-state index in [2.05, 4.69) is 21.9 Å². The zero-order chi connectivity index (χ0) is 25.4. The van der Waals surface area contributed by atoms with Crippen molar-refractivity contribution in [3.8, 4) is 11.5 Å². The fourth-order valence-electron chi connectivity index (χ4n) is 4.91. The lowest BCUT2D eigenvalue weighted by Crippen LogP contribution is -2.51. The summed E-state index contributed by atoms with van der Waals surface area (Å²) in [5, 5.41) is 11.4. The van der Waals surface area contributed by atoms with E-state index in [1.54, 1.807) is 4.90 Å². The molecule has 1 N–H and O–H groups in total. The first-order valence-electron chi connectivity index (χ1n) is 12.9. The van der Waals surface area contributed by atoms with Crippen molar-refractivity contribution in [3.05, 3.63) is 59.9 Å². The molecule has 7 nitrogen and oxygen atoms in total. The highest BCUT2D eigenvalue weighted by Gasteiger charge is 2.36. The largest absolute Gasteiger partial charge is 0.492 e. The molecule has 0 saturated carbocycles. The van der Waals surface area contributed by atoms with Crippen molar-refractivity contribution in [1.82, 2.24) is 14.7 Å². The number of ether oxygens (including phenoxy) is 2. The normalized spacial score (nSPS) is 21.7. The predicted molar refractivity (Wildman–Crippen MR) is 137 cm³/mol. The molecule has 0 radical (unpaired) electrons. The second kappa shape index (κ2) is 12.5. The molecule has 0 unspecified atom stereocenters. The fourth-order valence-corrected chi connectivity index (χ4v) is 4.91. The SMILES string of the molecule is CC(=O)N1CCN(Cc2ccc(OCCN3CCCCC3)cc2)C[C@@](O)(COc2ccc(F)cc2)C1. The van der Waals surface area contributed by atoms with Crippen molar-refractivity contribution in [2.45, 2.75) is 38.3 Å². The van der Waals surface area contributed by atoms with Crippen LogP contribution in [0.5, 0.6) is 11.5 Å². The van der Waals surface area contributed by atoms with E-state index in [1.165, 1.54) is 63.5 Å². The molecule has 2 aromatic rings. The van der Waals surface area contributed by atoms with Crippen molar-refractivity contribution in [3.63, 3.8) is 0 Å². The van der Waals surface area contributed by atoms with E-state index in [-0.39, 0.29) is 24.9 Å². The zero-order valence-corrected chi connectivity index (χ0v) is 21.2. The number of rotatable bonds is 9. The van der Waals surface area contributed by atoms with Crippen molar-refractivity contribution in [1.29, 1.82) is 0 Å². The standard InChI is InChI=1S/C28H38FN3O4/c1-23(33)32-16-15-31(20-28(34,21-32)22-36-27-11-7-25(29)8-12-27)19-24-5-9-26(10-6-24)35-18-17-30-13-3-2-4-14-30/h5-12,34H,2-4,13-22H2,1H3/t28-/m0/s1. The number of likely N-dealkylation sites (tertiary alicyclic amines) is 1. The molecule has 0 aromatic heterocycles. The van der Waals surface area contributed by atoms with E-state index >= 15 is 0 Å². The Morgan fingerprint density at radius 2 is 1.56 bits per heavy atom. The van der Waals surface area contributed by atoms with Gasteiger partial charge in [-0.15, -0.1) is 0 Å². The number of β-amino-alcohol motifs (C(OH)–C–C–N with tert-alkyl or cyclic N) is 1. The van der Waals surface area contributed by atoms with Gasteiger partial charge in [0.15, 0.2) is 0 Å². The van der Waals surface area contributed by atoms with Gasteiger partial charge in [0, 0.05) is 39.6 Å². The van der Waals surface area contributed by atoms with E-state index in [1.807, 2.05) is 12.1 Å². The van der Waals surface area contributed by atoms with Gasteiger partial charge >= 0.3 is 0 Å². The molecule has 196 valence electrons. The quantitative estimate of drug-likeness (QED) is 0.572. The zero-order valence-electron chi connectivity index (χ0n) is 21.2. The maximum Gasteiger partial charge on any atom is 0.219 e. The van der Waals surface area contributed by atoms with Gasteiger partial charge in [0.05, 0.1) is 6.54 Å². The second-order valence-corrected chi connectivity index (χ2v) is 10.0. The number of benzene rings is 2. The molecular weight excluding hydrogens is 461 g/mol. The Kier molecular flexibility index (Phi) is 9.18. The van der Waals surface area contributed by atoms with Crippen LogP contribution in [0.4, 0.5) is 4.39 Å². The summed E-state index contributed by atoms with van der Waals surface area (Å²) in [7, 11) is 0. The Morgan fingerprint density at radius 1 is 0.889 bits per heavy atom. The minimum atomic E-state index is -1.26. The third-order valence-electron chi connectivity index (χ3n) is 6.91. The highest BCUT2D eigenvalue weighted by Crippen LogP contribution is 2.21. The van der Waals surface area contributed by atoms with E-state index in [4.69, 9.17) is 9.47 Å². The van der Waals surface area contributed by atoms with Gasteiger partial charge in [-0.2, -0.15) is 0 Å². The lowest BCUT2D eigenvalue weighted by molar-refractivity contribution is -0.132. The topological polar surface area (TPSA) is 65.5 Å². The molecular formula is C28H38FN3O4. The molecule has 0 aliphatic carbocycles. The summed E-state index contributed by atoms with van der Waals surface area (Å²) < 4.78 is 24.9. The highest BCUT2D eigenvalue weighted by molar-refractivity contribution is 5.73. The van der Waals surface area contributed by atoms with Crippen LogP contribution in [-0.2, 0) is 11.3 Å². The molecule has 8 heteroatoms. The van der Waals surface area contributed by atoms with Crippen LogP contribution in [0.25, 0.3) is 0 Å². The summed E-state index contributed by atoms with van der Waals surface area (Å²) in [6.07, 6.45) is 3.90. The number of nitrogens with zero attached hydrogens (tertiary/aromatic N) is 3. The molecule has 1 amide bonds. The average molecular weight is 500 g/mol. The van der Waals surface area contributed by atoms with Gasteiger partial charge in [0.25, 0.3) is 0 Å². The van der Waals surface area contributed by atoms with Crippen LogP contribution in [0, 0.1) is 5.82 Å². The first kappa shape index (κ1) is 26.4. The van der Waals surface area contributed by atoms with Gasteiger partial charge in [-0.25, -0.2) is 4.39 Å². The van der Waals surface area contributed by atoms with E-state index in [0.29, 0.717) is 38.5 Å². The molecule has 2 aromatic carbocycles. The maximum absolute atomic E-state index is 13.2. The highest BCUT2D eigenvalue weighted by atomic mass is 19.1. The average Bonchev–Trinajstić information content (AvgIpc) is 3.04. The number of aliphatic hydroxyl groups is 1. The molecule has 1 atom stereocenters. The molecule has 2 saturated heterocycles. The number of halogens is 1. The number of amides is 1. The summed E-state index contributed by atoms with van der Waals surface area (Å²) in [5.74, 6) is 0.912. The Balaban J connectivity index is 1.32. The van der Waals surface area contributed by atoms with Crippen LogP contribution in [0.2, 0.25) is 0 Å². The Hall–Kier alpha value is -2.68. The van der Waals surface area contributed by atoms with E-state index in [9.17, 15) is 14.3 Å². The summed E-state index contributed by atoms with van der Waals surface area (Å²) in [6, 6.07) is 13.8. The smallest absolute Gasteiger partial charge is 0.219 e. The van der Waals surface area contributed by atoms with Crippen molar-refractivity contribution in [2.75, 3.05) is 59.0 Å². The van der Waals surface area contributed by atoms with Gasteiger partial charge in [-0.1, -0.05) is 18.6 Å². The molecule has 2 fully saturated rings. The van der Waals surface area contributed by atoms with Gasteiger partial charge in [-0.05, 0) is 67.9 Å².